The molecule has 100 valence electrons. The number of allylic oxidation sites excluding steroid dienone is 1. The molecule has 0 bridgehead atoms. The van der Waals surface area contributed by atoms with Gasteiger partial charge in [-0.3, -0.25) is 9.80 Å². The van der Waals surface area contributed by atoms with E-state index in [0.717, 1.165) is 51.6 Å². The highest BCUT2D eigenvalue weighted by molar-refractivity contribution is 5.21. The van der Waals surface area contributed by atoms with Crippen LogP contribution in [0, 0.1) is 11.3 Å². The number of nitriles is 1. The maximum absolute atomic E-state index is 8.95. The molecular weight excluding hydrogens is 230 g/mol. The number of rotatable bonds is 3. The Kier molecular flexibility index (Phi) is 5.14. The van der Waals surface area contributed by atoms with Gasteiger partial charge in [0.25, 0.3) is 0 Å². The first-order valence-electron chi connectivity index (χ1n) is 6.48. The van der Waals surface area contributed by atoms with Crippen LogP contribution in [0.2, 0.25) is 0 Å². The number of hydrogen-bond acceptors (Lipinski definition) is 5. The first-order valence-corrected chi connectivity index (χ1v) is 6.48. The number of ether oxygens (including phenoxy) is 2. The van der Waals surface area contributed by atoms with Crippen LogP contribution < -0.4 is 0 Å². The molecular formula is C13H21N3O2. The summed E-state index contributed by atoms with van der Waals surface area (Å²) >= 11 is 0. The fourth-order valence-corrected chi connectivity index (χ4v) is 2.42. The van der Waals surface area contributed by atoms with Gasteiger partial charge in [-0.1, -0.05) is 0 Å². The third-order valence-electron chi connectivity index (χ3n) is 3.58. The molecule has 1 unspecified atom stereocenters. The van der Waals surface area contributed by atoms with Crippen molar-refractivity contribution in [1.82, 2.24) is 9.80 Å². The van der Waals surface area contributed by atoms with Crippen LogP contribution in [0.25, 0.3) is 0 Å². The van der Waals surface area contributed by atoms with Crippen molar-refractivity contribution >= 4 is 0 Å². The SMILES string of the molecule is CN1CCOCC1C(=CC#N)CN1CCOCC1. The van der Waals surface area contributed by atoms with Crippen molar-refractivity contribution in [3.05, 3.63) is 11.6 Å². The average Bonchev–Trinajstić information content (AvgIpc) is 2.40. The highest BCUT2D eigenvalue weighted by atomic mass is 16.5. The quantitative estimate of drug-likeness (QED) is 0.666. The largest absolute Gasteiger partial charge is 0.379 e. The standard InChI is InChI=1S/C13H21N3O2/c1-15-4-7-18-11-13(15)12(2-3-14)10-16-5-8-17-9-6-16/h2,13H,4-11H2,1H3. The molecule has 5 heteroatoms. The highest BCUT2D eigenvalue weighted by Gasteiger charge is 2.25. The van der Waals surface area contributed by atoms with Crippen molar-refractivity contribution in [2.45, 2.75) is 6.04 Å². The summed E-state index contributed by atoms with van der Waals surface area (Å²) in [7, 11) is 2.09. The van der Waals surface area contributed by atoms with Gasteiger partial charge in [-0.25, -0.2) is 0 Å². The molecule has 5 nitrogen and oxygen atoms in total. The van der Waals surface area contributed by atoms with Crippen LogP contribution in [0.5, 0.6) is 0 Å². The molecule has 2 aliphatic rings. The Morgan fingerprint density at radius 2 is 2.00 bits per heavy atom. The number of nitrogens with zero attached hydrogens (tertiary/aromatic N) is 3. The van der Waals surface area contributed by atoms with E-state index < -0.39 is 0 Å². The first kappa shape index (κ1) is 13.5. The van der Waals surface area contributed by atoms with Gasteiger partial charge in [0, 0.05) is 32.3 Å². The van der Waals surface area contributed by atoms with E-state index in [1.807, 2.05) is 0 Å². The van der Waals surface area contributed by atoms with Gasteiger partial charge in [0.15, 0.2) is 0 Å². The summed E-state index contributed by atoms with van der Waals surface area (Å²) in [6.45, 7) is 6.71. The predicted molar refractivity (Wildman–Crippen MR) is 68.2 cm³/mol. The highest BCUT2D eigenvalue weighted by Crippen LogP contribution is 2.15. The molecule has 18 heavy (non-hydrogen) atoms. The topological polar surface area (TPSA) is 48.7 Å². The predicted octanol–water partition coefficient (Wildman–Crippen LogP) is 0.0992. The maximum Gasteiger partial charge on any atom is 0.0912 e. The average molecular weight is 251 g/mol. The molecule has 2 rings (SSSR count). The van der Waals surface area contributed by atoms with Gasteiger partial charge in [-0.2, -0.15) is 5.26 Å². The fourth-order valence-electron chi connectivity index (χ4n) is 2.42. The van der Waals surface area contributed by atoms with E-state index in [1.165, 1.54) is 0 Å². The Balaban J connectivity index is 1.98. The molecule has 0 aromatic heterocycles. The van der Waals surface area contributed by atoms with E-state index in [0.29, 0.717) is 6.61 Å². The molecule has 0 aromatic carbocycles. The molecule has 0 saturated carbocycles. The van der Waals surface area contributed by atoms with Crippen molar-refractivity contribution in [1.29, 1.82) is 5.26 Å². The molecule has 0 aliphatic carbocycles. The number of morpholine rings is 2. The number of hydrogen-bond donors (Lipinski definition) is 0. The van der Waals surface area contributed by atoms with Gasteiger partial charge in [-0.15, -0.1) is 0 Å². The van der Waals surface area contributed by atoms with E-state index in [4.69, 9.17) is 14.7 Å². The Morgan fingerprint density at radius 1 is 1.28 bits per heavy atom. The smallest absolute Gasteiger partial charge is 0.0912 e. The van der Waals surface area contributed by atoms with Gasteiger partial charge in [0.1, 0.15) is 0 Å². The van der Waals surface area contributed by atoms with E-state index in [1.54, 1.807) is 6.08 Å². The van der Waals surface area contributed by atoms with Gasteiger partial charge >= 0.3 is 0 Å². The minimum Gasteiger partial charge on any atom is -0.379 e. The lowest BCUT2D eigenvalue weighted by molar-refractivity contribution is 0.0112. The summed E-state index contributed by atoms with van der Waals surface area (Å²) in [5.41, 5.74) is 1.15. The van der Waals surface area contributed by atoms with Crippen LogP contribution in [-0.2, 0) is 9.47 Å². The van der Waals surface area contributed by atoms with Crippen LogP contribution in [0.1, 0.15) is 0 Å². The molecule has 2 fully saturated rings. The lowest BCUT2D eigenvalue weighted by atomic mass is 10.0. The van der Waals surface area contributed by atoms with Crippen LogP contribution >= 0.6 is 0 Å². The summed E-state index contributed by atoms with van der Waals surface area (Å²) in [5, 5.41) is 8.95. The maximum atomic E-state index is 8.95. The molecule has 0 spiro atoms. The molecule has 0 amide bonds. The van der Waals surface area contributed by atoms with E-state index in [9.17, 15) is 0 Å². The molecule has 2 heterocycles. The van der Waals surface area contributed by atoms with Crippen molar-refractivity contribution in [2.24, 2.45) is 0 Å². The van der Waals surface area contributed by atoms with E-state index >= 15 is 0 Å². The Bertz CT molecular complexity index is 332. The summed E-state index contributed by atoms with van der Waals surface area (Å²) in [4.78, 5) is 4.61. The third-order valence-corrected chi connectivity index (χ3v) is 3.58. The zero-order chi connectivity index (χ0) is 12.8. The van der Waals surface area contributed by atoms with Crippen LogP contribution in [0.4, 0.5) is 0 Å². The lowest BCUT2D eigenvalue weighted by Gasteiger charge is -2.36. The van der Waals surface area contributed by atoms with Crippen molar-refractivity contribution < 1.29 is 9.47 Å². The van der Waals surface area contributed by atoms with Crippen molar-refractivity contribution in [2.75, 3.05) is 59.7 Å². The van der Waals surface area contributed by atoms with E-state index in [2.05, 4.69) is 22.9 Å². The number of likely N-dealkylation sites (N-methyl/N-ethyl adjacent to an activating group) is 1. The second-order valence-electron chi connectivity index (χ2n) is 4.81. The summed E-state index contributed by atoms with van der Waals surface area (Å²) in [6.07, 6.45) is 1.69. The fraction of sp³-hybridized carbons (Fsp3) is 0.769. The summed E-state index contributed by atoms with van der Waals surface area (Å²) in [5.74, 6) is 0. The molecule has 2 saturated heterocycles. The zero-order valence-corrected chi connectivity index (χ0v) is 11.0. The van der Waals surface area contributed by atoms with Gasteiger partial charge in [0.05, 0.1) is 38.5 Å². The molecule has 1 atom stereocenters. The summed E-state index contributed by atoms with van der Waals surface area (Å²) < 4.78 is 10.9. The van der Waals surface area contributed by atoms with Gasteiger partial charge in [0.2, 0.25) is 0 Å². The van der Waals surface area contributed by atoms with E-state index in [-0.39, 0.29) is 6.04 Å². The molecule has 0 radical (unpaired) electrons. The Morgan fingerprint density at radius 3 is 2.67 bits per heavy atom. The normalized spacial score (nSPS) is 28.0. The second-order valence-corrected chi connectivity index (χ2v) is 4.81. The van der Waals surface area contributed by atoms with Crippen LogP contribution in [-0.4, -0.2) is 75.5 Å². The Labute approximate surface area is 109 Å². The molecule has 2 aliphatic heterocycles. The lowest BCUT2D eigenvalue weighted by Crippen LogP contribution is -2.47. The van der Waals surface area contributed by atoms with Crippen LogP contribution in [0.3, 0.4) is 0 Å². The Hall–Kier alpha value is -0.930. The van der Waals surface area contributed by atoms with Crippen molar-refractivity contribution in [3.8, 4) is 6.07 Å². The minimum absolute atomic E-state index is 0.237. The van der Waals surface area contributed by atoms with Gasteiger partial charge in [-0.05, 0) is 12.6 Å². The zero-order valence-electron chi connectivity index (χ0n) is 11.0. The monoisotopic (exact) mass is 251 g/mol. The summed E-state index contributed by atoms with van der Waals surface area (Å²) in [6, 6.07) is 2.41. The minimum atomic E-state index is 0.237. The first-order chi connectivity index (χ1) is 8.81. The third kappa shape index (κ3) is 3.53. The van der Waals surface area contributed by atoms with Crippen LogP contribution in [0.15, 0.2) is 11.6 Å². The molecule has 0 N–H and O–H groups in total. The second kappa shape index (κ2) is 6.86. The van der Waals surface area contributed by atoms with Gasteiger partial charge < -0.3 is 9.47 Å². The molecule has 0 aromatic rings. The van der Waals surface area contributed by atoms with Crippen molar-refractivity contribution in [3.63, 3.8) is 0 Å².